The van der Waals surface area contributed by atoms with Crippen LogP contribution in [0.15, 0.2) is 42.5 Å². The Kier molecular flexibility index (Phi) is 5.90. The largest absolute Gasteiger partial charge is 0.476 e. The van der Waals surface area contributed by atoms with Crippen LogP contribution in [0.1, 0.15) is 32.4 Å². The zero-order chi connectivity index (χ0) is 19.3. The molecule has 0 aliphatic heterocycles. The van der Waals surface area contributed by atoms with Crippen LogP contribution in [0.4, 0.5) is 4.39 Å². The maximum Gasteiger partial charge on any atom is 0.338 e. The maximum absolute atomic E-state index is 13.1. The van der Waals surface area contributed by atoms with E-state index in [0.717, 1.165) is 12.1 Å². The molecule has 0 saturated carbocycles. The Morgan fingerprint density at radius 2 is 1.42 bits per heavy atom. The number of hydrogen-bond acceptors (Lipinski definition) is 6. The fraction of sp³-hybridized carbons (Fsp3) is 0.167. The second kappa shape index (κ2) is 8.11. The third-order valence-corrected chi connectivity index (χ3v) is 3.43. The molecule has 0 bridgehead atoms. The van der Waals surface area contributed by atoms with Crippen LogP contribution in [0.25, 0.3) is 0 Å². The summed E-state index contributed by atoms with van der Waals surface area (Å²) in [5.74, 6) is -2.73. The highest BCUT2D eigenvalue weighted by Gasteiger charge is 2.22. The van der Waals surface area contributed by atoms with Gasteiger partial charge >= 0.3 is 11.9 Å². The third-order valence-electron chi connectivity index (χ3n) is 3.43. The summed E-state index contributed by atoms with van der Waals surface area (Å²) in [4.78, 5) is 35.3. The molecule has 26 heavy (non-hydrogen) atoms. The van der Waals surface area contributed by atoms with Crippen molar-refractivity contribution in [3.63, 3.8) is 0 Å². The number of halogens is 1. The van der Waals surface area contributed by atoms with Crippen molar-refractivity contribution in [3.8, 4) is 5.75 Å². The lowest BCUT2D eigenvalue weighted by Crippen LogP contribution is -2.26. The molecule has 0 aliphatic rings. The van der Waals surface area contributed by atoms with Crippen molar-refractivity contribution in [2.24, 2.45) is 5.73 Å². The van der Waals surface area contributed by atoms with Crippen molar-refractivity contribution in [2.45, 2.75) is 6.10 Å². The lowest BCUT2D eigenvalue weighted by Gasteiger charge is -2.17. The topological polar surface area (TPSA) is 105 Å². The van der Waals surface area contributed by atoms with E-state index in [9.17, 15) is 18.8 Å². The van der Waals surface area contributed by atoms with Crippen LogP contribution < -0.4 is 10.5 Å². The van der Waals surface area contributed by atoms with Gasteiger partial charge in [0.05, 0.1) is 25.3 Å². The summed E-state index contributed by atoms with van der Waals surface area (Å²) < 4.78 is 27.9. The first kappa shape index (κ1) is 18.9. The molecule has 2 rings (SSSR count). The van der Waals surface area contributed by atoms with Crippen LogP contribution in [0.5, 0.6) is 5.75 Å². The molecule has 0 fully saturated rings. The molecular formula is C18H16FNO6. The van der Waals surface area contributed by atoms with Crippen molar-refractivity contribution in [1.82, 2.24) is 0 Å². The molecular weight excluding hydrogens is 345 g/mol. The van der Waals surface area contributed by atoms with Crippen LogP contribution in [0, 0.1) is 5.82 Å². The molecule has 0 unspecified atom stereocenters. The lowest BCUT2D eigenvalue weighted by atomic mass is 10.1. The summed E-state index contributed by atoms with van der Waals surface area (Å²) in [6, 6.07) is 8.84. The normalized spacial score (nSPS) is 11.3. The monoisotopic (exact) mass is 361 g/mol. The Balaban J connectivity index is 2.44. The SMILES string of the molecule is COC(=O)c1cc(O[C@@H](C(N)=O)c2ccc(F)cc2)cc(C(=O)OC)c1. The summed E-state index contributed by atoms with van der Waals surface area (Å²) >= 11 is 0. The Bertz CT molecular complexity index is 800. The number of primary amides is 1. The number of ether oxygens (including phenoxy) is 3. The average molecular weight is 361 g/mol. The number of amides is 1. The van der Waals surface area contributed by atoms with Gasteiger partial charge in [0.1, 0.15) is 11.6 Å². The van der Waals surface area contributed by atoms with Crippen molar-refractivity contribution in [1.29, 1.82) is 0 Å². The first-order valence-corrected chi connectivity index (χ1v) is 7.39. The second-order valence-corrected chi connectivity index (χ2v) is 5.18. The Morgan fingerprint density at radius 1 is 0.923 bits per heavy atom. The van der Waals surface area contributed by atoms with E-state index >= 15 is 0 Å². The van der Waals surface area contributed by atoms with E-state index in [-0.39, 0.29) is 16.9 Å². The minimum absolute atomic E-state index is 0.0152. The van der Waals surface area contributed by atoms with Crippen molar-refractivity contribution in [3.05, 3.63) is 65.0 Å². The number of carbonyl (C=O) groups is 3. The van der Waals surface area contributed by atoms with Gasteiger partial charge in [-0.1, -0.05) is 12.1 Å². The number of rotatable bonds is 6. The first-order chi connectivity index (χ1) is 12.3. The van der Waals surface area contributed by atoms with E-state index in [2.05, 4.69) is 9.47 Å². The average Bonchev–Trinajstić information content (AvgIpc) is 2.65. The highest BCUT2D eigenvalue weighted by molar-refractivity contribution is 5.96. The van der Waals surface area contributed by atoms with Gasteiger partial charge in [-0.05, 0) is 30.3 Å². The quantitative estimate of drug-likeness (QED) is 0.789. The van der Waals surface area contributed by atoms with Crippen molar-refractivity contribution < 1.29 is 33.0 Å². The van der Waals surface area contributed by atoms with Gasteiger partial charge in [0, 0.05) is 5.56 Å². The Labute approximate surface area is 148 Å². The van der Waals surface area contributed by atoms with Crippen molar-refractivity contribution >= 4 is 17.8 Å². The molecule has 8 heteroatoms. The molecule has 136 valence electrons. The lowest BCUT2D eigenvalue weighted by molar-refractivity contribution is -0.125. The molecule has 1 atom stereocenters. The summed E-state index contributed by atoms with van der Waals surface area (Å²) in [6.07, 6.45) is -1.26. The van der Waals surface area contributed by atoms with Gasteiger partial charge in [0.2, 0.25) is 6.10 Å². The van der Waals surface area contributed by atoms with Gasteiger partial charge < -0.3 is 19.9 Å². The van der Waals surface area contributed by atoms with Gasteiger partial charge in [0.25, 0.3) is 5.91 Å². The molecule has 0 heterocycles. The van der Waals surface area contributed by atoms with Crippen LogP contribution in [-0.2, 0) is 14.3 Å². The smallest absolute Gasteiger partial charge is 0.338 e. The van der Waals surface area contributed by atoms with E-state index in [1.807, 2.05) is 0 Å². The second-order valence-electron chi connectivity index (χ2n) is 5.18. The molecule has 0 spiro atoms. The summed E-state index contributed by atoms with van der Waals surface area (Å²) in [5, 5.41) is 0. The van der Waals surface area contributed by atoms with E-state index in [4.69, 9.17) is 10.5 Å². The van der Waals surface area contributed by atoms with Gasteiger partial charge in [-0.15, -0.1) is 0 Å². The van der Waals surface area contributed by atoms with Gasteiger partial charge in [-0.3, -0.25) is 4.79 Å². The molecule has 2 aromatic carbocycles. The molecule has 2 N–H and O–H groups in total. The minimum Gasteiger partial charge on any atom is -0.476 e. The number of hydrogen-bond donors (Lipinski definition) is 1. The molecule has 2 aromatic rings. The number of esters is 2. The summed E-state index contributed by atoms with van der Waals surface area (Å²) in [7, 11) is 2.36. The van der Waals surface area contributed by atoms with Gasteiger partial charge in [-0.25, -0.2) is 14.0 Å². The number of carbonyl (C=O) groups excluding carboxylic acids is 3. The summed E-state index contributed by atoms with van der Waals surface area (Å²) in [6.45, 7) is 0. The fourth-order valence-corrected chi connectivity index (χ4v) is 2.20. The number of methoxy groups -OCH3 is 2. The molecule has 0 saturated heterocycles. The van der Waals surface area contributed by atoms with E-state index in [1.54, 1.807) is 0 Å². The Morgan fingerprint density at radius 3 is 1.85 bits per heavy atom. The molecule has 0 aromatic heterocycles. The van der Waals surface area contributed by atoms with E-state index in [1.165, 1.54) is 44.6 Å². The first-order valence-electron chi connectivity index (χ1n) is 7.39. The third kappa shape index (κ3) is 4.35. The van der Waals surface area contributed by atoms with Crippen LogP contribution in [0.2, 0.25) is 0 Å². The van der Waals surface area contributed by atoms with Gasteiger partial charge in [-0.2, -0.15) is 0 Å². The standard InChI is InChI=1S/C18H16FNO6/c1-24-17(22)11-7-12(18(23)25-2)9-14(8-11)26-15(16(20)21)10-3-5-13(19)6-4-10/h3-9,15H,1-2H3,(H2,20,21)/t15-/m1/s1. The highest BCUT2D eigenvalue weighted by atomic mass is 19.1. The predicted molar refractivity (Wildman–Crippen MR) is 88.1 cm³/mol. The molecule has 0 radical (unpaired) electrons. The zero-order valence-electron chi connectivity index (χ0n) is 14.0. The minimum atomic E-state index is -1.26. The van der Waals surface area contributed by atoms with Crippen LogP contribution >= 0.6 is 0 Å². The highest BCUT2D eigenvalue weighted by Crippen LogP contribution is 2.25. The molecule has 7 nitrogen and oxygen atoms in total. The van der Waals surface area contributed by atoms with Crippen molar-refractivity contribution in [2.75, 3.05) is 14.2 Å². The predicted octanol–water partition coefficient (Wildman–Crippen LogP) is 2.00. The van der Waals surface area contributed by atoms with Crippen LogP contribution in [-0.4, -0.2) is 32.1 Å². The Hall–Kier alpha value is -3.42. The molecule has 0 aliphatic carbocycles. The zero-order valence-corrected chi connectivity index (χ0v) is 14.0. The fourth-order valence-electron chi connectivity index (χ4n) is 2.20. The maximum atomic E-state index is 13.1. The molecule has 1 amide bonds. The summed E-state index contributed by atoms with van der Waals surface area (Å²) in [5.41, 5.74) is 5.71. The van der Waals surface area contributed by atoms with Crippen LogP contribution in [0.3, 0.4) is 0 Å². The van der Waals surface area contributed by atoms with E-state index in [0.29, 0.717) is 5.56 Å². The number of benzene rings is 2. The number of nitrogens with two attached hydrogens (primary N) is 1. The van der Waals surface area contributed by atoms with E-state index < -0.39 is 29.8 Å². The van der Waals surface area contributed by atoms with Gasteiger partial charge in [0.15, 0.2) is 0 Å².